The first kappa shape index (κ1) is 19.5. The smallest absolute Gasteiger partial charge is 0.270 e. The Labute approximate surface area is 171 Å². The third-order valence-electron chi connectivity index (χ3n) is 5.48. The highest BCUT2D eigenvalue weighted by atomic mass is 32.2. The fourth-order valence-corrected chi connectivity index (χ4v) is 4.09. The van der Waals surface area contributed by atoms with E-state index < -0.39 is 16.0 Å². The van der Waals surface area contributed by atoms with Crippen molar-refractivity contribution in [2.45, 2.75) is 30.6 Å². The summed E-state index contributed by atoms with van der Waals surface area (Å²) < 4.78 is 21.4. The Morgan fingerprint density at radius 1 is 1.14 bits per heavy atom. The minimum absolute atomic E-state index is 0.104. The molecule has 1 atom stereocenters. The number of para-hydroxylation sites is 1. The summed E-state index contributed by atoms with van der Waals surface area (Å²) in [5.74, 6) is 0.758. The average Bonchev–Trinajstić information content (AvgIpc) is 3.58. The molecule has 29 heavy (non-hydrogen) atoms. The van der Waals surface area contributed by atoms with E-state index in [4.69, 9.17) is 0 Å². The number of phenolic OH excluding ortho intramolecular Hbond substituents is 1. The van der Waals surface area contributed by atoms with Gasteiger partial charge in [-0.2, -0.15) is 0 Å². The van der Waals surface area contributed by atoms with Crippen molar-refractivity contribution in [1.82, 2.24) is 0 Å². The third kappa shape index (κ3) is 4.02. The number of phenols is 1. The van der Waals surface area contributed by atoms with E-state index in [1.807, 2.05) is 18.2 Å². The molecule has 0 spiro atoms. The fraction of sp³-hybridized carbons (Fsp3) is 0.273. The van der Waals surface area contributed by atoms with Crippen molar-refractivity contribution in [3.8, 4) is 5.75 Å². The molecule has 2 aliphatic carbocycles. The Balaban J connectivity index is 1.84. The van der Waals surface area contributed by atoms with Crippen LogP contribution in [0.15, 0.2) is 47.9 Å². The molecule has 2 N–H and O–H groups in total. The molecule has 7 heteroatoms. The van der Waals surface area contributed by atoms with Crippen LogP contribution in [0, 0.1) is 22.0 Å². The van der Waals surface area contributed by atoms with Crippen LogP contribution in [0.3, 0.4) is 0 Å². The minimum Gasteiger partial charge on any atom is -0.507 e. The SMILES string of the molecule is C=C(c1cccc(C(=Cc2cc([N+](=O)[O-])ccc2S(=O)O)C2CC2)c1O)C1CC1. The lowest BCUT2D eigenvalue weighted by Crippen LogP contribution is -1.98. The van der Waals surface area contributed by atoms with Crippen LogP contribution < -0.4 is 0 Å². The maximum Gasteiger partial charge on any atom is 0.270 e. The van der Waals surface area contributed by atoms with Crippen LogP contribution >= 0.6 is 0 Å². The number of non-ortho nitro benzene ring substituents is 1. The van der Waals surface area contributed by atoms with Crippen LogP contribution in [0.5, 0.6) is 5.75 Å². The average molecular weight is 411 g/mol. The topological polar surface area (TPSA) is 101 Å². The van der Waals surface area contributed by atoms with Crippen molar-refractivity contribution in [1.29, 1.82) is 0 Å². The molecule has 150 valence electrons. The molecule has 0 amide bonds. The van der Waals surface area contributed by atoms with Gasteiger partial charge in [0.05, 0.1) is 9.82 Å². The first-order chi connectivity index (χ1) is 13.9. The number of nitrogens with zero attached hydrogens (tertiary/aromatic N) is 1. The van der Waals surface area contributed by atoms with Gasteiger partial charge in [0, 0.05) is 28.8 Å². The maximum absolute atomic E-state index is 11.7. The molecule has 2 aromatic carbocycles. The van der Waals surface area contributed by atoms with E-state index in [0.717, 1.165) is 42.4 Å². The van der Waals surface area contributed by atoms with Gasteiger partial charge in [-0.1, -0.05) is 24.8 Å². The number of allylic oxidation sites excluding steroid dienone is 2. The molecule has 2 aromatic rings. The predicted octanol–water partition coefficient (Wildman–Crippen LogP) is 5.25. The van der Waals surface area contributed by atoms with E-state index in [1.165, 1.54) is 18.2 Å². The van der Waals surface area contributed by atoms with Gasteiger partial charge in [-0.15, -0.1) is 0 Å². The van der Waals surface area contributed by atoms with Crippen molar-refractivity contribution in [3.05, 3.63) is 69.8 Å². The zero-order chi connectivity index (χ0) is 20.7. The molecule has 4 rings (SSSR count). The monoisotopic (exact) mass is 411 g/mol. The van der Waals surface area contributed by atoms with E-state index in [0.29, 0.717) is 17.0 Å². The van der Waals surface area contributed by atoms with Crippen LogP contribution in [0.25, 0.3) is 17.2 Å². The minimum atomic E-state index is -2.29. The molecule has 2 saturated carbocycles. The van der Waals surface area contributed by atoms with E-state index in [9.17, 15) is 24.0 Å². The van der Waals surface area contributed by atoms with Gasteiger partial charge >= 0.3 is 0 Å². The molecule has 0 aliphatic heterocycles. The van der Waals surface area contributed by atoms with Gasteiger partial charge in [-0.3, -0.25) is 10.1 Å². The van der Waals surface area contributed by atoms with Crippen LogP contribution in [0.1, 0.15) is 42.4 Å². The van der Waals surface area contributed by atoms with E-state index in [2.05, 4.69) is 6.58 Å². The normalized spacial score (nSPS) is 17.8. The highest BCUT2D eigenvalue weighted by molar-refractivity contribution is 7.79. The number of hydrogen-bond acceptors (Lipinski definition) is 4. The molecular formula is C22H21NO5S. The van der Waals surface area contributed by atoms with Crippen molar-refractivity contribution >= 4 is 34.0 Å². The first-order valence-electron chi connectivity index (χ1n) is 9.49. The van der Waals surface area contributed by atoms with Crippen LogP contribution in [-0.2, 0) is 11.1 Å². The standard InChI is InChI=1S/C22H21NO5S/c1-13(14-5-6-14)18-3-2-4-19(22(18)24)20(15-7-8-15)12-16-11-17(23(25)26)9-10-21(16)29(27)28/h2-4,9-12,14-15,24H,1,5-8H2,(H,27,28). The Bertz CT molecular complexity index is 1070. The Kier molecular flexibility index (Phi) is 5.10. The molecule has 0 heterocycles. The molecule has 2 fully saturated rings. The van der Waals surface area contributed by atoms with Gasteiger partial charge in [0.25, 0.3) is 5.69 Å². The van der Waals surface area contributed by atoms with Gasteiger partial charge in [0.1, 0.15) is 5.75 Å². The highest BCUT2D eigenvalue weighted by Gasteiger charge is 2.31. The highest BCUT2D eigenvalue weighted by Crippen LogP contribution is 2.49. The second kappa shape index (κ2) is 7.57. The second-order valence-electron chi connectivity index (χ2n) is 7.60. The lowest BCUT2D eigenvalue weighted by atomic mass is 9.92. The Morgan fingerprint density at radius 2 is 1.79 bits per heavy atom. The number of nitro benzene ring substituents is 1. The molecule has 0 aromatic heterocycles. The van der Waals surface area contributed by atoms with E-state index in [-0.39, 0.29) is 22.3 Å². The molecule has 0 bridgehead atoms. The van der Waals surface area contributed by atoms with Crippen LogP contribution in [-0.4, -0.2) is 18.8 Å². The lowest BCUT2D eigenvalue weighted by molar-refractivity contribution is -0.384. The largest absolute Gasteiger partial charge is 0.507 e. The molecule has 0 saturated heterocycles. The van der Waals surface area contributed by atoms with Crippen molar-refractivity contribution < 1.29 is 18.8 Å². The van der Waals surface area contributed by atoms with Crippen molar-refractivity contribution in [3.63, 3.8) is 0 Å². The number of benzene rings is 2. The summed E-state index contributed by atoms with van der Waals surface area (Å²) in [6.07, 6.45) is 5.73. The molecule has 6 nitrogen and oxygen atoms in total. The summed E-state index contributed by atoms with van der Waals surface area (Å²) in [6.45, 7) is 4.13. The van der Waals surface area contributed by atoms with Crippen molar-refractivity contribution in [2.24, 2.45) is 11.8 Å². The van der Waals surface area contributed by atoms with Gasteiger partial charge in [0.2, 0.25) is 0 Å². The lowest BCUT2D eigenvalue weighted by Gasteiger charge is -2.15. The first-order valence-corrected chi connectivity index (χ1v) is 10.6. The second-order valence-corrected chi connectivity index (χ2v) is 8.54. The summed E-state index contributed by atoms with van der Waals surface area (Å²) in [7, 11) is 0. The molecule has 0 radical (unpaired) electrons. The molecule has 2 aliphatic rings. The van der Waals surface area contributed by atoms with Crippen molar-refractivity contribution in [2.75, 3.05) is 0 Å². The summed E-state index contributed by atoms with van der Waals surface area (Å²) in [6, 6.07) is 9.36. The zero-order valence-electron chi connectivity index (χ0n) is 15.7. The molecular weight excluding hydrogens is 390 g/mol. The summed E-state index contributed by atoms with van der Waals surface area (Å²) in [5.41, 5.74) is 3.27. The maximum atomic E-state index is 11.7. The van der Waals surface area contributed by atoms with Gasteiger partial charge < -0.3 is 9.66 Å². The van der Waals surface area contributed by atoms with Crippen LogP contribution in [0.2, 0.25) is 0 Å². The summed E-state index contributed by atoms with van der Waals surface area (Å²) >= 11 is -2.29. The fourth-order valence-electron chi connectivity index (χ4n) is 3.59. The molecule has 1 unspecified atom stereocenters. The van der Waals surface area contributed by atoms with Gasteiger partial charge in [-0.25, -0.2) is 4.21 Å². The van der Waals surface area contributed by atoms with Gasteiger partial charge in [0.15, 0.2) is 11.1 Å². The van der Waals surface area contributed by atoms with E-state index in [1.54, 1.807) is 6.08 Å². The Morgan fingerprint density at radius 3 is 2.38 bits per heavy atom. The number of aromatic hydroxyl groups is 1. The summed E-state index contributed by atoms with van der Waals surface area (Å²) in [5, 5.41) is 22.1. The third-order valence-corrected chi connectivity index (χ3v) is 6.23. The zero-order valence-corrected chi connectivity index (χ0v) is 16.5. The predicted molar refractivity (Wildman–Crippen MR) is 113 cm³/mol. The quantitative estimate of drug-likeness (QED) is 0.280. The van der Waals surface area contributed by atoms with Gasteiger partial charge in [-0.05, 0) is 60.8 Å². The van der Waals surface area contributed by atoms with Crippen LogP contribution in [0.4, 0.5) is 5.69 Å². The number of rotatable bonds is 7. The summed E-state index contributed by atoms with van der Waals surface area (Å²) in [4.78, 5) is 10.7. The number of nitro groups is 1. The Hall–Kier alpha value is -2.77. The van der Waals surface area contributed by atoms with E-state index >= 15 is 0 Å². The number of hydrogen-bond donors (Lipinski definition) is 2.